The summed E-state index contributed by atoms with van der Waals surface area (Å²) in [6.07, 6.45) is 1.69. The molecule has 1 heterocycles. The summed E-state index contributed by atoms with van der Waals surface area (Å²) in [6.45, 7) is 0.842. The molecule has 0 bridgehead atoms. The van der Waals surface area contributed by atoms with Gasteiger partial charge in [-0.3, -0.25) is 9.59 Å². The molecule has 31 heavy (non-hydrogen) atoms. The van der Waals surface area contributed by atoms with Crippen molar-refractivity contribution in [2.24, 2.45) is 0 Å². The summed E-state index contributed by atoms with van der Waals surface area (Å²) in [5, 5.41) is 0.113. The fraction of sp³-hybridized carbons (Fsp3) is 0.0833. The molecule has 1 aliphatic heterocycles. The normalized spacial score (nSPS) is 14.9. The summed E-state index contributed by atoms with van der Waals surface area (Å²) < 4.78 is 11.3. The number of rotatable bonds is 7. The molecule has 0 N–H and O–H groups in total. The molecule has 1 saturated heterocycles. The maximum Gasteiger partial charge on any atom is 0.298 e. The first-order chi connectivity index (χ1) is 15.1. The van der Waals surface area contributed by atoms with E-state index in [1.807, 2.05) is 54.6 Å². The van der Waals surface area contributed by atoms with Gasteiger partial charge < -0.3 is 9.47 Å². The molecule has 156 valence electrons. The zero-order valence-corrected chi connectivity index (χ0v) is 17.9. The smallest absolute Gasteiger partial charge is 0.298 e. The van der Waals surface area contributed by atoms with E-state index in [1.54, 1.807) is 30.3 Å². The van der Waals surface area contributed by atoms with Crippen LogP contribution >= 0.6 is 23.4 Å². The zero-order valence-electron chi connectivity index (χ0n) is 16.4. The summed E-state index contributed by atoms with van der Waals surface area (Å²) in [5.41, 5.74) is 1.25. The van der Waals surface area contributed by atoms with Crippen LogP contribution < -0.4 is 14.4 Å². The second-order valence-electron chi connectivity index (χ2n) is 6.58. The Labute approximate surface area is 189 Å². The summed E-state index contributed by atoms with van der Waals surface area (Å²) in [4.78, 5) is 26.6. The molecule has 0 aliphatic carbocycles. The van der Waals surface area contributed by atoms with Crippen molar-refractivity contribution < 1.29 is 19.1 Å². The van der Waals surface area contributed by atoms with Crippen molar-refractivity contribution in [1.82, 2.24) is 0 Å². The molecule has 3 aromatic carbocycles. The highest BCUT2D eigenvalue weighted by atomic mass is 35.5. The van der Waals surface area contributed by atoms with Gasteiger partial charge in [-0.05, 0) is 65.9 Å². The third-order valence-corrected chi connectivity index (χ3v) is 5.51. The number of hydrogen-bond acceptors (Lipinski definition) is 5. The average molecular weight is 452 g/mol. The summed E-state index contributed by atoms with van der Waals surface area (Å²) >= 11 is 6.89. The van der Waals surface area contributed by atoms with E-state index < -0.39 is 0 Å². The Kier molecular flexibility index (Phi) is 6.60. The Bertz CT molecular complexity index is 1120. The summed E-state index contributed by atoms with van der Waals surface area (Å²) in [6, 6.07) is 23.5. The molecule has 1 aliphatic rings. The molecule has 0 atom stereocenters. The van der Waals surface area contributed by atoms with Crippen LogP contribution in [-0.4, -0.2) is 24.4 Å². The standard InChI is InChI=1S/C24H18ClNO4S/c25-18-5-4-6-19(16-18)26-23(27)22(31-24(26)28)15-17-9-11-21(12-10-17)30-14-13-29-20-7-2-1-3-8-20/h1-12,15-16H,13-14H2/b22-15-. The van der Waals surface area contributed by atoms with E-state index in [0.29, 0.717) is 34.6 Å². The summed E-state index contributed by atoms with van der Waals surface area (Å²) in [5.74, 6) is 1.13. The highest BCUT2D eigenvalue weighted by Crippen LogP contribution is 2.36. The third-order valence-electron chi connectivity index (χ3n) is 4.40. The van der Waals surface area contributed by atoms with Gasteiger partial charge in [0.1, 0.15) is 24.7 Å². The van der Waals surface area contributed by atoms with E-state index in [2.05, 4.69) is 0 Å². The molecule has 0 unspecified atom stereocenters. The van der Waals surface area contributed by atoms with E-state index in [0.717, 1.165) is 28.0 Å². The zero-order chi connectivity index (χ0) is 21.6. The van der Waals surface area contributed by atoms with Crippen molar-refractivity contribution in [3.05, 3.63) is 94.4 Å². The average Bonchev–Trinajstić information content (AvgIpc) is 3.06. The SMILES string of the molecule is O=C1S/C(=C\c2ccc(OCCOc3ccccc3)cc2)C(=O)N1c1cccc(Cl)c1. The number of imide groups is 1. The lowest BCUT2D eigenvalue weighted by Crippen LogP contribution is -2.27. The van der Waals surface area contributed by atoms with Crippen LogP contribution in [0.5, 0.6) is 11.5 Å². The van der Waals surface area contributed by atoms with Gasteiger partial charge in [-0.15, -0.1) is 0 Å². The second kappa shape index (κ2) is 9.73. The van der Waals surface area contributed by atoms with Crippen LogP contribution in [0.3, 0.4) is 0 Å². The topological polar surface area (TPSA) is 55.8 Å². The van der Waals surface area contributed by atoms with E-state index >= 15 is 0 Å². The number of halogens is 1. The Hall–Kier alpha value is -3.22. The molecule has 4 rings (SSSR count). The number of anilines is 1. The molecule has 1 fully saturated rings. The lowest BCUT2D eigenvalue weighted by atomic mass is 10.2. The fourth-order valence-electron chi connectivity index (χ4n) is 2.95. The fourth-order valence-corrected chi connectivity index (χ4v) is 3.98. The van der Waals surface area contributed by atoms with Crippen molar-refractivity contribution in [3.63, 3.8) is 0 Å². The minimum atomic E-state index is -0.365. The maximum absolute atomic E-state index is 12.7. The van der Waals surface area contributed by atoms with Crippen LogP contribution in [0.25, 0.3) is 6.08 Å². The highest BCUT2D eigenvalue weighted by molar-refractivity contribution is 8.19. The predicted octanol–water partition coefficient (Wildman–Crippen LogP) is 6.04. The number of thioether (sulfide) groups is 1. The van der Waals surface area contributed by atoms with E-state index in [4.69, 9.17) is 21.1 Å². The van der Waals surface area contributed by atoms with Crippen molar-refractivity contribution in [2.45, 2.75) is 0 Å². The highest BCUT2D eigenvalue weighted by Gasteiger charge is 2.36. The lowest BCUT2D eigenvalue weighted by molar-refractivity contribution is -0.113. The largest absolute Gasteiger partial charge is 0.490 e. The number of benzene rings is 3. The Morgan fingerprint density at radius 1 is 0.839 bits per heavy atom. The van der Waals surface area contributed by atoms with Crippen LogP contribution in [0.2, 0.25) is 5.02 Å². The minimum absolute atomic E-state index is 0.350. The van der Waals surface area contributed by atoms with Crippen LogP contribution in [0.4, 0.5) is 10.5 Å². The van der Waals surface area contributed by atoms with Gasteiger partial charge in [-0.25, -0.2) is 4.90 Å². The quantitative estimate of drug-likeness (QED) is 0.324. The number of hydrogen-bond donors (Lipinski definition) is 0. The van der Waals surface area contributed by atoms with Gasteiger partial charge in [0, 0.05) is 5.02 Å². The number of carbonyl (C=O) groups excluding carboxylic acids is 2. The first-order valence-corrected chi connectivity index (χ1v) is 10.7. The van der Waals surface area contributed by atoms with Crippen LogP contribution in [0.15, 0.2) is 83.8 Å². The van der Waals surface area contributed by atoms with Gasteiger partial charge in [-0.2, -0.15) is 0 Å². The Balaban J connectivity index is 1.35. The van der Waals surface area contributed by atoms with Crippen molar-refractivity contribution in [1.29, 1.82) is 0 Å². The molecular formula is C24H18ClNO4S. The summed E-state index contributed by atoms with van der Waals surface area (Å²) in [7, 11) is 0. The number of ether oxygens (including phenoxy) is 2. The molecule has 2 amide bonds. The first-order valence-electron chi connectivity index (χ1n) is 9.54. The molecule has 5 nitrogen and oxygen atoms in total. The first kappa shape index (κ1) is 21.0. The monoisotopic (exact) mass is 451 g/mol. The van der Waals surface area contributed by atoms with Gasteiger partial charge in [0.05, 0.1) is 10.6 Å². The molecule has 0 aromatic heterocycles. The van der Waals surface area contributed by atoms with E-state index in [9.17, 15) is 9.59 Å². The number of carbonyl (C=O) groups is 2. The van der Waals surface area contributed by atoms with Crippen molar-refractivity contribution in [3.8, 4) is 11.5 Å². The molecular weight excluding hydrogens is 434 g/mol. The number of nitrogens with zero attached hydrogens (tertiary/aromatic N) is 1. The van der Waals surface area contributed by atoms with Gasteiger partial charge in [0.25, 0.3) is 11.1 Å². The molecule has 0 saturated carbocycles. The number of para-hydroxylation sites is 1. The van der Waals surface area contributed by atoms with E-state index in [-0.39, 0.29) is 11.1 Å². The maximum atomic E-state index is 12.7. The Morgan fingerprint density at radius 2 is 1.52 bits per heavy atom. The molecule has 3 aromatic rings. The van der Waals surface area contributed by atoms with Gasteiger partial charge in [-0.1, -0.05) is 48.0 Å². The van der Waals surface area contributed by atoms with Crippen molar-refractivity contribution >= 4 is 46.3 Å². The predicted molar refractivity (Wildman–Crippen MR) is 124 cm³/mol. The van der Waals surface area contributed by atoms with Crippen LogP contribution in [0.1, 0.15) is 5.56 Å². The van der Waals surface area contributed by atoms with Crippen molar-refractivity contribution in [2.75, 3.05) is 18.1 Å². The second-order valence-corrected chi connectivity index (χ2v) is 8.01. The van der Waals surface area contributed by atoms with Gasteiger partial charge in [0.15, 0.2) is 0 Å². The van der Waals surface area contributed by atoms with Crippen LogP contribution in [-0.2, 0) is 4.79 Å². The third kappa shape index (κ3) is 5.29. The van der Waals surface area contributed by atoms with Gasteiger partial charge in [0.2, 0.25) is 0 Å². The molecule has 0 radical (unpaired) electrons. The van der Waals surface area contributed by atoms with Gasteiger partial charge >= 0.3 is 0 Å². The van der Waals surface area contributed by atoms with E-state index in [1.165, 1.54) is 0 Å². The lowest BCUT2D eigenvalue weighted by Gasteiger charge is -2.12. The van der Waals surface area contributed by atoms with Crippen LogP contribution in [0, 0.1) is 0 Å². The molecule has 7 heteroatoms. The minimum Gasteiger partial charge on any atom is -0.490 e. The number of amides is 2. The Morgan fingerprint density at radius 3 is 2.19 bits per heavy atom. The molecule has 0 spiro atoms.